The number of carbonyl (C=O) groups excluding carboxylic acids is 1. The second-order valence-electron chi connectivity index (χ2n) is 3.96. The van der Waals surface area contributed by atoms with E-state index in [1.807, 2.05) is 0 Å². The lowest BCUT2D eigenvalue weighted by atomic mass is 10.1. The Hall–Kier alpha value is -2.13. The molecule has 1 unspecified atom stereocenters. The summed E-state index contributed by atoms with van der Waals surface area (Å²) in [5, 5.41) is 22.1. The third kappa shape index (κ3) is 4.43. The standard InChI is InChI=1S/C12H14N2O6S/c1-20-6-9(12(16)17)13-11(15)8-5-7(21-2)3-4-10(8)14(18)19/h3-5,9H,6H2,1-2H3,(H,13,15)(H,16,17). The van der Waals surface area contributed by atoms with E-state index in [9.17, 15) is 19.7 Å². The van der Waals surface area contributed by atoms with Crippen LogP contribution in [0.4, 0.5) is 5.69 Å². The summed E-state index contributed by atoms with van der Waals surface area (Å²) in [7, 11) is 1.29. The Morgan fingerprint density at radius 2 is 2.19 bits per heavy atom. The second kappa shape index (κ2) is 7.60. The normalized spacial score (nSPS) is 11.7. The van der Waals surface area contributed by atoms with Gasteiger partial charge in [0.1, 0.15) is 5.56 Å². The number of nitrogens with zero attached hydrogens (tertiary/aromatic N) is 1. The summed E-state index contributed by atoms with van der Waals surface area (Å²) in [5.41, 5.74) is -0.568. The number of methoxy groups -OCH3 is 1. The van der Waals surface area contributed by atoms with Gasteiger partial charge in [-0.2, -0.15) is 0 Å². The molecule has 0 saturated carbocycles. The Balaban J connectivity index is 3.09. The first-order chi connectivity index (χ1) is 9.90. The van der Waals surface area contributed by atoms with Crippen LogP contribution in [0.1, 0.15) is 10.4 Å². The van der Waals surface area contributed by atoms with Crippen molar-refractivity contribution >= 4 is 29.3 Å². The van der Waals surface area contributed by atoms with E-state index < -0.39 is 22.8 Å². The summed E-state index contributed by atoms with van der Waals surface area (Å²) < 4.78 is 4.69. The van der Waals surface area contributed by atoms with E-state index in [0.29, 0.717) is 4.90 Å². The number of rotatable bonds is 7. The number of thioether (sulfide) groups is 1. The molecule has 0 aliphatic heterocycles. The van der Waals surface area contributed by atoms with Crippen molar-refractivity contribution in [2.45, 2.75) is 10.9 Å². The lowest BCUT2D eigenvalue weighted by Gasteiger charge is -2.13. The van der Waals surface area contributed by atoms with E-state index in [-0.39, 0.29) is 17.9 Å². The maximum atomic E-state index is 12.1. The molecule has 8 nitrogen and oxygen atoms in total. The monoisotopic (exact) mass is 314 g/mol. The molecule has 1 atom stereocenters. The van der Waals surface area contributed by atoms with Crippen LogP contribution in [0.25, 0.3) is 0 Å². The van der Waals surface area contributed by atoms with Crippen molar-refractivity contribution in [3.05, 3.63) is 33.9 Å². The molecule has 0 radical (unpaired) electrons. The van der Waals surface area contributed by atoms with Crippen LogP contribution in [0, 0.1) is 10.1 Å². The Labute approximate surface area is 124 Å². The Bertz CT molecular complexity index is 563. The van der Waals surface area contributed by atoms with Crippen molar-refractivity contribution in [3.63, 3.8) is 0 Å². The third-order valence-corrected chi connectivity index (χ3v) is 3.31. The highest BCUT2D eigenvalue weighted by molar-refractivity contribution is 7.98. The number of amides is 1. The fourth-order valence-electron chi connectivity index (χ4n) is 1.56. The quantitative estimate of drug-likeness (QED) is 0.440. The molecule has 0 spiro atoms. The molecule has 0 aromatic heterocycles. The van der Waals surface area contributed by atoms with Crippen LogP contribution in [-0.2, 0) is 9.53 Å². The molecule has 2 N–H and O–H groups in total. The minimum absolute atomic E-state index is 0.186. The number of hydrogen-bond donors (Lipinski definition) is 2. The number of hydrogen-bond acceptors (Lipinski definition) is 6. The highest BCUT2D eigenvalue weighted by Crippen LogP contribution is 2.24. The number of aliphatic carboxylic acids is 1. The minimum Gasteiger partial charge on any atom is -0.480 e. The molecule has 21 heavy (non-hydrogen) atoms. The second-order valence-corrected chi connectivity index (χ2v) is 4.84. The van der Waals surface area contributed by atoms with Gasteiger partial charge in [-0.05, 0) is 18.4 Å². The third-order valence-electron chi connectivity index (χ3n) is 2.58. The molecule has 1 amide bonds. The molecule has 0 bridgehead atoms. The lowest BCUT2D eigenvalue weighted by molar-refractivity contribution is -0.385. The summed E-state index contributed by atoms with van der Waals surface area (Å²) in [6, 6.07) is 2.81. The fourth-order valence-corrected chi connectivity index (χ4v) is 2.00. The van der Waals surface area contributed by atoms with Crippen molar-refractivity contribution in [2.75, 3.05) is 20.0 Å². The zero-order valence-electron chi connectivity index (χ0n) is 11.4. The predicted molar refractivity (Wildman–Crippen MR) is 75.6 cm³/mol. The van der Waals surface area contributed by atoms with Gasteiger partial charge in [0.15, 0.2) is 6.04 Å². The van der Waals surface area contributed by atoms with Gasteiger partial charge in [0.25, 0.3) is 11.6 Å². The SMILES string of the molecule is COCC(NC(=O)c1cc(SC)ccc1[N+](=O)[O-])C(=O)O. The van der Waals surface area contributed by atoms with Crippen LogP contribution in [0.15, 0.2) is 23.1 Å². The molecule has 1 rings (SSSR count). The van der Waals surface area contributed by atoms with E-state index >= 15 is 0 Å². The van der Waals surface area contributed by atoms with Gasteiger partial charge < -0.3 is 15.2 Å². The largest absolute Gasteiger partial charge is 0.480 e. The average Bonchev–Trinajstić information content (AvgIpc) is 2.45. The van der Waals surface area contributed by atoms with Gasteiger partial charge in [-0.15, -0.1) is 11.8 Å². The summed E-state index contributed by atoms with van der Waals surface area (Å²) in [6.07, 6.45) is 1.76. The number of benzene rings is 1. The van der Waals surface area contributed by atoms with Crippen molar-refractivity contribution in [1.82, 2.24) is 5.32 Å². The number of nitro benzene ring substituents is 1. The topological polar surface area (TPSA) is 119 Å². The van der Waals surface area contributed by atoms with Gasteiger partial charge in [0, 0.05) is 18.1 Å². The van der Waals surface area contributed by atoms with Crippen LogP contribution in [0.5, 0.6) is 0 Å². The molecule has 1 aromatic rings. The van der Waals surface area contributed by atoms with Gasteiger partial charge in [-0.1, -0.05) is 0 Å². The molecule has 0 heterocycles. The molecule has 0 aliphatic carbocycles. The fraction of sp³-hybridized carbons (Fsp3) is 0.333. The molecule has 0 aliphatic rings. The minimum atomic E-state index is -1.28. The van der Waals surface area contributed by atoms with Crippen LogP contribution in [-0.4, -0.2) is 47.9 Å². The first-order valence-electron chi connectivity index (χ1n) is 5.75. The number of ether oxygens (including phenoxy) is 1. The van der Waals surface area contributed by atoms with E-state index in [1.165, 1.54) is 37.1 Å². The van der Waals surface area contributed by atoms with Gasteiger partial charge >= 0.3 is 5.97 Å². The molecular weight excluding hydrogens is 300 g/mol. The van der Waals surface area contributed by atoms with E-state index in [2.05, 4.69) is 5.32 Å². The van der Waals surface area contributed by atoms with Gasteiger partial charge in [0.05, 0.1) is 11.5 Å². The summed E-state index contributed by atoms with van der Waals surface area (Å²) in [5.74, 6) is -2.11. The Kier molecular flexibility index (Phi) is 6.12. The lowest BCUT2D eigenvalue weighted by Crippen LogP contribution is -2.44. The molecule has 9 heteroatoms. The van der Waals surface area contributed by atoms with Crippen LogP contribution in [0.2, 0.25) is 0 Å². The smallest absolute Gasteiger partial charge is 0.328 e. The van der Waals surface area contributed by atoms with Crippen molar-refractivity contribution in [3.8, 4) is 0 Å². The van der Waals surface area contributed by atoms with Gasteiger partial charge in [-0.3, -0.25) is 14.9 Å². The highest BCUT2D eigenvalue weighted by atomic mass is 32.2. The van der Waals surface area contributed by atoms with Gasteiger partial charge in [-0.25, -0.2) is 4.79 Å². The summed E-state index contributed by atoms with van der Waals surface area (Å²) in [6.45, 7) is -0.239. The number of nitro groups is 1. The first kappa shape index (κ1) is 16.9. The van der Waals surface area contributed by atoms with Crippen LogP contribution >= 0.6 is 11.8 Å². The molecule has 114 valence electrons. The van der Waals surface area contributed by atoms with Crippen LogP contribution in [0.3, 0.4) is 0 Å². The summed E-state index contributed by atoms with van der Waals surface area (Å²) >= 11 is 1.31. The molecule has 0 fully saturated rings. The van der Waals surface area contributed by atoms with E-state index in [4.69, 9.17) is 9.84 Å². The maximum absolute atomic E-state index is 12.1. The zero-order valence-corrected chi connectivity index (χ0v) is 12.2. The Morgan fingerprint density at radius 3 is 2.67 bits per heavy atom. The number of carboxylic acids is 1. The number of nitrogens with one attached hydrogen (secondary N) is 1. The highest BCUT2D eigenvalue weighted by Gasteiger charge is 2.25. The molecule has 0 saturated heterocycles. The number of carbonyl (C=O) groups is 2. The maximum Gasteiger partial charge on any atom is 0.328 e. The van der Waals surface area contributed by atoms with E-state index in [1.54, 1.807) is 6.26 Å². The molecular formula is C12H14N2O6S. The predicted octanol–water partition coefficient (Wildman–Crippen LogP) is 1.15. The zero-order chi connectivity index (χ0) is 16.0. The first-order valence-corrected chi connectivity index (χ1v) is 6.98. The van der Waals surface area contributed by atoms with Gasteiger partial charge in [0.2, 0.25) is 0 Å². The van der Waals surface area contributed by atoms with Crippen molar-refractivity contribution < 1.29 is 24.4 Å². The van der Waals surface area contributed by atoms with Crippen molar-refractivity contribution in [1.29, 1.82) is 0 Å². The Morgan fingerprint density at radius 1 is 1.52 bits per heavy atom. The van der Waals surface area contributed by atoms with Crippen molar-refractivity contribution in [2.24, 2.45) is 0 Å². The average molecular weight is 314 g/mol. The number of carboxylic acid groups (broad SMARTS) is 1. The van der Waals surface area contributed by atoms with E-state index in [0.717, 1.165) is 0 Å². The van der Waals surface area contributed by atoms with Crippen LogP contribution < -0.4 is 5.32 Å². The molecule has 1 aromatic carbocycles. The summed E-state index contributed by atoms with van der Waals surface area (Å²) in [4.78, 5) is 34.0.